The number of carbonyl (C=O) groups excluding carboxylic acids is 1. The number of benzene rings is 1. The summed E-state index contributed by atoms with van der Waals surface area (Å²) in [5, 5.41) is 0. The number of hydrogen-bond acceptors (Lipinski definition) is 1. The van der Waals surface area contributed by atoms with Gasteiger partial charge in [-0.05, 0) is 30.2 Å². The van der Waals surface area contributed by atoms with Crippen molar-refractivity contribution in [3.63, 3.8) is 0 Å². The standard InChI is InChI=1S/C16H23NO/c1-13(2)12-17-9-8-15(11-16(17)18)10-14-6-4-3-5-7-14/h3-7,13,15H,8-12H2,1-2H3. The van der Waals surface area contributed by atoms with Crippen LogP contribution in [0.5, 0.6) is 0 Å². The van der Waals surface area contributed by atoms with E-state index in [0.717, 1.165) is 32.4 Å². The zero-order valence-corrected chi connectivity index (χ0v) is 11.4. The molecule has 1 saturated heterocycles. The first-order valence-corrected chi connectivity index (χ1v) is 6.97. The van der Waals surface area contributed by atoms with Crippen molar-refractivity contribution < 1.29 is 4.79 Å². The van der Waals surface area contributed by atoms with Crippen LogP contribution < -0.4 is 0 Å². The van der Waals surface area contributed by atoms with Crippen LogP contribution >= 0.6 is 0 Å². The lowest BCUT2D eigenvalue weighted by Crippen LogP contribution is -2.41. The molecule has 1 aromatic rings. The molecule has 1 aromatic carbocycles. The maximum atomic E-state index is 12.1. The Labute approximate surface area is 110 Å². The predicted octanol–water partition coefficient (Wildman–Crippen LogP) is 3.12. The monoisotopic (exact) mass is 245 g/mol. The number of carbonyl (C=O) groups is 1. The summed E-state index contributed by atoms with van der Waals surface area (Å²) in [6.07, 6.45) is 2.91. The third kappa shape index (κ3) is 3.59. The minimum absolute atomic E-state index is 0.343. The van der Waals surface area contributed by atoms with Gasteiger partial charge < -0.3 is 4.90 Å². The van der Waals surface area contributed by atoms with Crippen molar-refractivity contribution in [3.05, 3.63) is 35.9 Å². The second-order valence-corrected chi connectivity index (χ2v) is 5.78. The molecule has 98 valence electrons. The molecule has 0 spiro atoms. The van der Waals surface area contributed by atoms with Gasteiger partial charge in [0.1, 0.15) is 0 Å². The SMILES string of the molecule is CC(C)CN1CCC(Cc2ccccc2)CC1=O. The molecule has 1 aliphatic rings. The lowest BCUT2D eigenvalue weighted by molar-refractivity contribution is -0.135. The van der Waals surface area contributed by atoms with Crippen LogP contribution in [0.25, 0.3) is 0 Å². The molecule has 1 heterocycles. The second-order valence-electron chi connectivity index (χ2n) is 5.78. The van der Waals surface area contributed by atoms with E-state index in [2.05, 4.69) is 38.1 Å². The Morgan fingerprint density at radius 2 is 2.00 bits per heavy atom. The van der Waals surface area contributed by atoms with Gasteiger partial charge >= 0.3 is 0 Å². The van der Waals surface area contributed by atoms with Gasteiger partial charge in [0.25, 0.3) is 0 Å². The molecule has 2 nitrogen and oxygen atoms in total. The third-order valence-electron chi connectivity index (χ3n) is 3.58. The summed E-state index contributed by atoms with van der Waals surface area (Å²) >= 11 is 0. The van der Waals surface area contributed by atoms with Gasteiger partial charge in [-0.3, -0.25) is 4.79 Å². The van der Waals surface area contributed by atoms with E-state index in [1.165, 1.54) is 5.56 Å². The zero-order valence-electron chi connectivity index (χ0n) is 11.4. The number of piperidine rings is 1. The Kier molecular flexibility index (Phi) is 4.40. The van der Waals surface area contributed by atoms with Gasteiger partial charge in [-0.15, -0.1) is 0 Å². The van der Waals surface area contributed by atoms with Crippen LogP contribution in [0.1, 0.15) is 32.3 Å². The van der Waals surface area contributed by atoms with Crippen molar-refractivity contribution in [1.82, 2.24) is 4.90 Å². The van der Waals surface area contributed by atoms with E-state index in [4.69, 9.17) is 0 Å². The lowest BCUT2D eigenvalue weighted by atomic mass is 9.89. The van der Waals surface area contributed by atoms with Gasteiger partial charge in [0.05, 0.1) is 0 Å². The summed E-state index contributed by atoms with van der Waals surface area (Å²) < 4.78 is 0. The average molecular weight is 245 g/mol. The molecular formula is C16H23NO. The Balaban J connectivity index is 1.87. The molecule has 1 amide bonds. The first-order chi connectivity index (χ1) is 8.65. The van der Waals surface area contributed by atoms with E-state index >= 15 is 0 Å². The molecule has 0 radical (unpaired) electrons. The third-order valence-corrected chi connectivity index (χ3v) is 3.58. The molecule has 0 bridgehead atoms. The second kappa shape index (κ2) is 6.03. The molecule has 0 N–H and O–H groups in total. The minimum atomic E-state index is 0.343. The predicted molar refractivity (Wildman–Crippen MR) is 74.3 cm³/mol. The summed E-state index contributed by atoms with van der Waals surface area (Å²) in [4.78, 5) is 14.1. The Morgan fingerprint density at radius 3 is 2.61 bits per heavy atom. The first kappa shape index (κ1) is 13.1. The van der Waals surface area contributed by atoms with Gasteiger partial charge in [0.15, 0.2) is 0 Å². The maximum absolute atomic E-state index is 12.1. The van der Waals surface area contributed by atoms with Gasteiger partial charge in [-0.1, -0.05) is 44.2 Å². The molecular weight excluding hydrogens is 222 g/mol. The highest BCUT2D eigenvalue weighted by atomic mass is 16.2. The molecule has 18 heavy (non-hydrogen) atoms. The number of hydrogen-bond donors (Lipinski definition) is 0. The molecule has 2 heteroatoms. The van der Waals surface area contributed by atoms with E-state index in [1.54, 1.807) is 0 Å². The normalized spacial score (nSPS) is 20.5. The van der Waals surface area contributed by atoms with Crippen LogP contribution in [0, 0.1) is 11.8 Å². The van der Waals surface area contributed by atoms with Crippen LogP contribution in [0.4, 0.5) is 0 Å². The smallest absolute Gasteiger partial charge is 0.222 e. The number of likely N-dealkylation sites (tertiary alicyclic amines) is 1. The van der Waals surface area contributed by atoms with Crippen molar-refractivity contribution in [2.45, 2.75) is 33.1 Å². The Bertz CT molecular complexity index is 385. The molecule has 0 aliphatic carbocycles. The molecule has 0 aromatic heterocycles. The van der Waals surface area contributed by atoms with Gasteiger partial charge in [0.2, 0.25) is 5.91 Å². The van der Waals surface area contributed by atoms with E-state index in [9.17, 15) is 4.79 Å². The maximum Gasteiger partial charge on any atom is 0.222 e. The van der Waals surface area contributed by atoms with Gasteiger partial charge in [0, 0.05) is 19.5 Å². The lowest BCUT2D eigenvalue weighted by Gasteiger charge is -2.33. The van der Waals surface area contributed by atoms with Crippen molar-refractivity contribution in [2.24, 2.45) is 11.8 Å². The molecule has 0 saturated carbocycles. The largest absolute Gasteiger partial charge is 0.342 e. The molecule has 1 unspecified atom stereocenters. The fraction of sp³-hybridized carbons (Fsp3) is 0.562. The van der Waals surface area contributed by atoms with Crippen LogP contribution in [0.3, 0.4) is 0 Å². The fourth-order valence-electron chi connectivity index (χ4n) is 2.70. The van der Waals surface area contributed by atoms with Gasteiger partial charge in [-0.2, -0.15) is 0 Å². The van der Waals surface area contributed by atoms with E-state index < -0.39 is 0 Å². The van der Waals surface area contributed by atoms with Crippen molar-refractivity contribution in [2.75, 3.05) is 13.1 Å². The Morgan fingerprint density at radius 1 is 1.28 bits per heavy atom. The summed E-state index contributed by atoms with van der Waals surface area (Å²) in [6, 6.07) is 10.5. The summed E-state index contributed by atoms with van der Waals surface area (Å²) in [6.45, 7) is 6.19. The fourth-order valence-corrected chi connectivity index (χ4v) is 2.70. The van der Waals surface area contributed by atoms with Crippen molar-refractivity contribution in [1.29, 1.82) is 0 Å². The summed E-state index contributed by atoms with van der Waals surface area (Å²) in [7, 11) is 0. The highest BCUT2D eigenvalue weighted by molar-refractivity contribution is 5.77. The van der Waals surface area contributed by atoms with E-state index in [1.807, 2.05) is 11.0 Å². The minimum Gasteiger partial charge on any atom is -0.342 e. The molecule has 2 rings (SSSR count). The van der Waals surface area contributed by atoms with Crippen molar-refractivity contribution >= 4 is 5.91 Å². The van der Waals surface area contributed by atoms with E-state index in [-0.39, 0.29) is 0 Å². The molecule has 1 fully saturated rings. The van der Waals surface area contributed by atoms with Crippen molar-refractivity contribution in [3.8, 4) is 0 Å². The average Bonchev–Trinajstić information content (AvgIpc) is 2.33. The van der Waals surface area contributed by atoms with Crippen LogP contribution in [-0.2, 0) is 11.2 Å². The number of amides is 1. The highest BCUT2D eigenvalue weighted by Crippen LogP contribution is 2.23. The zero-order chi connectivity index (χ0) is 13.0. The van der Waals surface area contributed by atoms with E-state index in [0.29, 0.717) is 17.7 Å². The number of rotatable bonds is 4. The van der Waals surface area contributed by atoms with Gasteiger partial charge in [-0.25, -0.2) is 0 Å². The van der Waals surface area contributed by atoms with Crippen LogP contribution in [-0.4, -0.2) is 23.9 Å². The first-order valence-electron chi connectivity index (χ1n) is 6.97. The van der Waals surface area contributed by atoms with Crippen LogP contribution in [0.2, 0.25) is 0 Å². The summed E-state index contributed by atoms with van der Waals surface area (Å²) in [5.41, 5.74) is 1.35. The number of nitrogens with zero attached hydrogens (tertiary/aromatic N) is 1. The highest BCUT2D eigenvalue weighted by Gasteiger charge is 2.25. The van der Waals surface area contributed by atoms with Crippen LogP contribution in [0.15, 0.2) is 30.3 Å². The summed E-state index contributed by atoms with van der Waals surface area (Å²) in [5.74, 6) is 1.44. The topological polar surface area (TPSA) is 20.3 Å². The Hall–Kier alpha value is -1.31. The molecule has 1 atom stereocenters. The molecule has 1 aliphatic heterocycles. The quantitative estimate of drug-likeness (QED) is 0.798.